The smallest absolute Gasteiger partial charge is 0.253 e. The van der Waals surface area contributed by atoms with Crippen molar-refractivity contribution in [3.05, 3.63) is 52.2 Å². The average Bonchev–Trinajstić information content (AvgIpc) is 3.31. The SMILES string of the molecule is CCCCNC(=O)C1CCCN(C(=O)c2cccc(S(=O)(=O)NCc3cccs3)c2)C1. The summed E-state index contributed by atoms with van der Waals surface area (Å²) in [6, 6.07) is 9.80. The van der Waals surface area contributed by atoms with Crippen LogP contribution in [0.5, 0.6) is 0 Å². The number of benzene rings is 1. The van der Waals surface area contributed by atoms with Gasteiger partial charge in [-0.05, 0) is 48.9 Å². The lowest BCUT2D eigenvalue weighted by molar-refractivity contribution is -0.126. The lowest BCUT2D eigenvalue weighted by atomic mass is 9.96. The number of hydrogen-bond acceptors (Lipinski definition) is 5. The Balaban J connectivity index is 1.65. The van der Waals surface area contributed by atoms with Gasteiger partial charge in [0.05, 0.1) is 10.8 Å². The molecule has 0 radical (unpaired) electrons. The highest BCUT2D eigenvalue weighted by Crippen LogP contribution is 2.21. The second-order valence-electron chi connectivity index (χ2n) is 7.67. The molecule has 0 saturated carbocycles. The van der Waals surface area contributed by atoms with Crippen LogP contribution in [0.2, 0.25) is 0 Å². The first-order valence-corrected chi connectivity index (χ1v) is 13.0. The number of unbranched alkanes of at least 4 members (excludes halogenated alkanes) is 1. The number of nitrogens with zero attached hydrogens (tertiary/aromatic N) is 1. The van der Waals surface area contributed by atoms with Crippen molar-refractivity contribution in [3.63, 3.8) is 0 Å². The lowest BCUT2D eigenvalue weighted by Gasteiger charge is -2.32. The molecule has 1 fully saturated rings. The molecule has 2 amide bonds. The molecule has 1 aliphatic rings. The molecule has 1 atom stereocenters. The van der Waals surface area contributed by atoms with Gasteiger partial charge in [0.15, 0.2) is 0 Å². The van der Waals surface area contributed by atoms with Gasteiger partial charge in [0.1, 0.15) is 0 Å². The molecule has 9 heteroatoms. The van der Waals surface area contributed by atoms with Crippen molar-refractivity contribution >= 4 is 33.2 Å². The first kappa shape index (κ1) is 23.4. The predicted octanol–water partition coefficient (Wildman–Crippen LogP) is 3.00. The van der Waals surface area contributed by atoms with Gasteiger partial charge < -0.3 is 10.2 Å². The van der Waals surface area contributed by atoms with E-state index < -0.39 is 10.0 Å². The molecule has 7 nitrogen and oxygen atoms in total. The van der Waals surface area contributed by atoms with Crippen LogP contribution in [0.4, 0.5) is 0 Å². The molecule has 2 N–H and O–H groups in total. The summed E-state index contributed by atoms with van der Waals surface area (Å²) in [7, 11) is -3.74. The van der Waals surface area contributed by atoms with Crippen molar-refractivity contribution in [1.82, 2.24) is 14.9 Å². The fourth-order valence-corrected chi connectivity index (χ4v) is 5.34. The quantitative estimate of drug-likeness (QED) is 0.559. The molecule has 2 aromatic rings. The highest BCUT2D eigenvalue weighted by molar-refractivity contribution is 7.89. The average molecular weight is 464 g/mol. The van der Waals surface area contributed by atoms with E-state index in [1.165, 1.54) is 23.5 Å². The van der Waals surface area contributed by atoms with Crippen LogP contribution >= 0.6 is 11.3 Å². The summed E-state index contributed by atoms with van der Waals surface area (Å²) in [5.41, 5.74) is 0.311. The number of piperidine rings is 1. The van der Waals surface area contributed by atoms with Gasteiger partial charge in [-0.2, -0.15) is 0 Å². The molecule has 0 aliphatic carbocycles. The second kappa shape index (κ2) is 10.9. The van der Waals surface area contributed by atoms with E-state index in [9.17, 15) is 18.0 Å². The number of nitrogens with one attached hydrogen (secondary N) is 2. The van der Waals surface area contributed by atoms with Crippen LogP contribution in [0, 0.1) is 5.92 Å². The first-order chi connectivity index (χ1) is 14.9. The maximum atomic E-state index is 13.0. The maximum absolute atomic E-state index is 13.0. The van der Waals surface area contributed by atoms with Crippen molar-refractivity contribution in [2.24, 2.45) is 5.92 Å². The van der Waals surface area contributed by atoms with E-state index >= 15 is 0 Å². The van der Waals surface area contributed by atoms with E-state index in [1.807, 2.05) is 17.5 Å². The van der Waals surface area contributed by atoms with Crippen molar-refractivity contribution in [3.8, 4) is 0 Å². The highest BCUT2D eigenvalue weighted by atomic mass is 32.2. The Labute approximate surface area is 187 Å². The molecule has 1 saturated heterocycles. The Morgan fingerprint density at radius 3 is 2.81 bits per heavy atom. The van der Waals surface area contributed by atoms with Crippen LogP contribution in [0.3, 0.4) is 0 Å². The van der Waals surface area contributed by atoms with Crippen LogP contribution in [0.25, 0.3) is 0 Å². The lowest BCUT2D eigenvalue weighted by Crippen LogP contribution is -2.45. The molecule has 0 spiro atoms. The molecule has 168 valence electrons. The van der Waals surface area contributed by atoms with E-state index in [0.29, 0.717) is 25.2 Å². The minimum Gasteiger partial charge on any atom is -0.356 e. The van der Waals surface area contributed by atoms with Gasteiger partial charge in [-0.25, -0.2) is 13.1 Å². The molecule has 31 heavy (non-hydrogen) atoms. The second-order valence-corrected chi connectivity index (χ2v) is 10.5. The largest absolute Gasteiger partial charge is 0.356 e. The molecular weight excluding hydrogens is 434 g/mol. The number of likely N-dealkylation sites (tertiary alicyclic amines) is 1. The number of carbonyl (C=O) groups excluding carboxylic acids is 2. The summed E-state index contributed by atoms with van der Waals surface area (Å²) in [6.07, 6.45) is 3.45. The van der Waals surface area contributed by atoms with Gasteiger partial charge in [0.25, 0.3) is 5.91 Å². The van der Waals surface area contributed by atoms with E-state index in [4.69, 9.17) is 0 Å². The minimum atomic E-state index is -3.74. The third-order valence-corrected chi connectivity index (χ3v) is 7.59. The Hall–Kier alpha value is -2.23. The highest BCUT2D eigenvalue weighted by Gasteiger charge is 2.29. The summed E-state index contributed by atoms with van der Waals surface area (Å²) < 4.78 is 27.9. The van der Waals surface area contributed by atoms with Crippen molar-refractivity contribution in [2.75, 3.05) is 19.6 Å². The summed E-state index contributed by atoms with van der Waals surface area (Å²) in [6.45, 7) is 3.84. The molecule has 1 aromatic heterocycles. The fourth-order valence-electron chi connectivity index (χ4n) is 3.55. The van der Waals surface area contributed by atoms with E-state index in [-0.39, 0.29) is 29.2 Å². The third kappa shape index (κ3) is 6.38. The van der Waals surface area contributed by atoms with Crippen molar-refractivity contribution in [1.29, 1.82) is 0 Å². The molecule has 1 aromatic carbocycles. The standard InChI is InChI=1S/C22H29N3O4S2/c1-2-3-11-23-21(26)18-8-5-12-25(16-18)22(27)17-7-4-10-20(14-17)31(28,29)24-15-19-9-6-13-30-19/h4,6-7,9-10,13-14,18,24H,2-3,5,8,11-12,15-16H2,1H3,(H,23,26). The molecule has 1 aliphatic heterocycles. The molecule has 3 rings (SSSR count). The van der Waals surface area contributed by atoms with Gasteiger partial charge in [-0.15, -0.1) is 11.3 Å². The summed E-state index contributed by atoms with van der Waals surface area (Å²) in [5.74, 6) is -0.490. The first-order valence-electron chi connectivity index (χ1n) is 10.6. The Morgan fingerprint density at radius 1 is 1.23 bits per heavy atom. The van der Waals surface area contributed by atoms with Crippen molar-refractivity contribution in [2.45, 2.75) is 44.0 Å². The van der Waals surface area contributed by atoms with Gasteiger partial charge in [-0.1, -0.05) is 25.5 Å². The number of sulfonamides is 1. The Morgan fingerprint density at radius 2 is 2.06 bits per heavy atom. The third-order valence-electron chi connectivity index (χ3n) is 5.32. The molecule has 1 unspecified atom stereocenters. The number of carbonyl (C=O) groups is 2. The molecular formula is C22H29N3O4S2. The fraction of sp³-hybridized carbons (Fsp3) is 0.455. The van der Waals surface area contributed by atoms with E-state index in [0.717, 1.165) is 30.6 Å². The Bertz CT molecular complexity index is 990. The summed E-state index contributed by atoms with van der Waals surface area (Å²) in [5, 5.41) is 4.83. The zero-order valence-corrected chi connectivity index (χ0v) is 19.3. The minimum absolute atomic E-state index is 0.0138. The summed E-state index contributed by atoms with van der Waals surface area (Å²) in [4.78, 5) is 28.0. The van der Waals surface area contributed by atoms with Crippen LogP contribution < -0.4 is 10.0 Å². The number of hydrogen-bond donors (Lipinski definition) is 2. The number of thiophene rings is 1. The van der Waals surface area contributed by atoms with Crippen LogP contribution in [0.15, 0.2) is 46.7 Å². The van der Waals surface area contributed by atoms with E-state index in [2.05, 4.69) is 17.0 Å². The van der Waals surface area contributed by atoms with Gasteiger partial charge >= 0.3 is 0 Å². The van der Waals surface area contributed by atoms with Crippen LogP contribution in [-0.2, 0) is 21.4 Å². The number of amides is 2. The summed E-state index contributed by atoms with van der Waals surface area (Å²) >= 11 is 1.47. The van der Waals surface area contributed by atoms with Crippen molar-refractivity contribution < 1.29 is 18.0 Å². The number of rotatable bonds is 9. The predicted molar refractivity (Wildman–Crippen MR) is 121 cm³/mol. The molecule has 0 bridgehead atoms. The van der Waals surface area contributed by atoms with Gasteiger partial charge in [0, 0.05) is 36.6 Å². The zero-order chi connectivity index (χ0) is 22.3. The molecule has 2 heterocycles. The van der Waals surface area contributed by atoms with E-state index in [1.54, 1.807) is 17.0 Å². The van der Waals surface area contributed by atoms with Gasteiger partial charge in [0.2, 0.25) is 15.9 Å². The monoisotopic (exact) mass is 463 g/mol. The van der Waals surface area contributed by atoms with Crippen LogP contribution in [0.1, 0.15) is 47.8 Å². The Kier molecular flexibility index (Phi) is 8.22. The van der Waals surface area contributed by atoms with Gasteiger partial charge in [-0.3, -0.25) is 9.59 Å². The van der Waals surface area contributed by atoms with Crippen LogP contribution in [-0.4, -0.2) is 44.8 Å². The topological polar surface area (TPSA) is 95.6 Å². The normalized spacial score (nSPS) is 16.8. The maximum Gasteiger partial charge on any atom is 0.253 e. The zero-order valence-electron chi connectivity index (χ0n) is 17.7.